The van der Waals surface area contributed by atoms with Crippen molar-refractivity contribution in [1.29, 1.82) is 0 Å². The fourth-order valence-electron chi connectivity index (χ4n) is 1.39. The summed E-state index contributed by atoms with van der Waals surface area (Å²) in [5.41, 5.74) is 11.4. The molecule has 0 bridgehead atoms. The molecular formula is C12H11N3O3. The average molecular weight is 245 g/mol. The molecule has 2 aromatic rings. The lowest BCUT2D eigenvalue weighted by atomic mass is 10.2. The maximum Gasteiger partial charge on any atom is 0.291 e. The van der Waals surface area contributed by atoms with Gasteiger partial charge in [-0.25, -0.2) is 0 Å². The highest BCUT2D eigenvalue weighted by Crippen LogP contribution is 2.13. The first-order chi connectivity index (χ1) is 8.56. The molecule has 0 spiro atoms. The lowest BCUT2D eigenvalue weighted by molar-refractivity contribution is 0.0992. The third-order valence-corrected chi connectivity index (χ3v) is 2.28. The van der Waals surface area contributed by atoms with Crippen LogP contribution in [-0.2, 0) is 0 Å². The Kier molecular flexibility index (Phi) is 3.01. The van der Waals surface area contributed by atoms with Crippen LogP contribution in [0.25, 0.3) is 0 Å². The SMILES string of the molecule is NC(=O)c1ccc(NC(=O)c2ccc(N)o2)cc1. The van der Waals surface area contributed by atoms with Gasteiger partial charge in [0.1, 0.15) is 0 Å². The molecule has 1 aromatic heterocycles. The van der Waals surface area contributed by atoms with Gasteiger partial charge in [-0.2, -0.15) is 0 Å². The number of amides is 2. The van der Waals surface area contributed by atoms with E-state index in [2.05, 4.69) is 5.32 Å². The predicted octanol–water partition coefficient (Wildman–Crippen LogP) is 1.21. The molecule has 92 valence electrons. The minimum atomic E-state index is -0.522. The molecule has 0 fully saturated rings. The minimum absolute atomic E-state index is 0.117. The summed E-state index contributed by atoms with van der Waals surface area (Å²) in [6.07, 6.45) is 0. The number of carbonyl (C=O) groups excluding carboxylic acids is 2. The Balaban J connectivity index is 2.10. The van der Waals surface area contributed by atoms with Gasteiger partial charge in [-0.15, -0.1) is 0 Å². The average Bonchev–Trinajstić information content (AvgIpc) is 2.76. The second-order valence-corrected chi connectivity index (χ2v) is 3.60. The Morgan fingerprint density at radius 3 is 2.22 bits per heavy atom. The molecule has 6 nitrogen and oxygen atoms in total. The summed E-state index contributed by atoms with van der Waals surface area (Å²) in [6, 6.07) is 9.16. The number of nitrogen functional groups attached to an aromatic ring is 1. The van der Waals surface area contributed by atoms with Crippen molar-refractivity contribution < 1.29 is 14.0 Å². The summed E-state index contributed by atoms with van der Waals surface area (Å²) in [7, 11) is 0. The first kappa shape index (κ1) is 11.7. The Morgan fingerprint density at radius 1 is 1.06 bits per heavy atom. The standard InChI is InChI=1S/C12H11N3O3/c13-10-6-5-9(18-10)12(17)15-8-3-1-7(2-4-8)11(14)16/h1-6H,13H2,(H2,14,16)(H,15,17). The summed E-state index contributed by atoms with van der Waals surface area (Å²) in [6.45, 7) is 0. The normalized spacial score (nSPS) is 10.0. The molecular weight excluding hydrogens is 234 g/mol. The molecule has 0 unspecified atom stereocenters. The van der Waals surface area contributed by atoms with Gasteiger partial charge >= 0.3 is 0 Å². The van der Waals surface area contributed by atoms with Gasteiger partial charge in [-0.1, -0.05) is 0 Å². The lowest BCUT2D eigenvalue weighted by Crippen LogP contribution is -2.12. The Morgan fingerprint density at radius 2 is 1.72 bits per heavy atom. The zero-order chi connectivity index (χ0) is 13.1. The zero-order valence-electron chi connectivity index (χ0n) is 9.34. The molecule has 1 aromatic carbocycles. The third-order valence-electron chi connectivity index (χ3n) is 2.28. The lowest BCUT2D eigenvalue weighted by Gasteiger charge is -2.03. The van der Waals surface area contributed by atoms with Gasteiger partial charge in [0.25, 0.3) is 5.91 Å². The largest absolute Gasteiger partial charge is 0.436 e. The summed E-state index contributed by atoms with van der Waals surface area (Å²) >= 11 is 0. The Hall–Kier alpha value is -2.76. The highest BCUT2D eigenvalue weighted by atomic mass is 16.4. The van der Waals surface area contributed by atoms with Gasteiger partial charge in [0.05, 0.1) is 0 Å². The number of hydrogen-bond acceptors (Lipinski definition) is 4. The van der Waals surface area contributed by atoms with Gasteiger partial charge in [0, 0.05) is 17.3 Å². The van der Waals surface area contributed by atoms with Crippen LogP contribution in [0.4, 0.5) is 11.6 Å². The van der Waals surface area contributed by atoms with Crippen LogP contribution in [0.15, 0.2) is 40.8 Å². The van der Waals surface area contributed by atoms with E-state index in [1.807, 2.05) is 0 Å². The van der Waals surface area contributed by atoms with Gasteiger partial charge in [0.2, 0.25) is 5.91 Å². The molecule has 2 rings (SSSR count). The van der Waals surface area contributed by atoms with E-state index in [0.717, 1.165) is 0 Å². The zero-order valence-corrected chi connectivity index (χ0v) is 9.34. The first-order valence-corrected chi connectivity index (χ1v) is 5.13. The number of rotatable bonds is 3. The number of anilines is 2. The second-order valence-electron chi connectivity index (χ2n) is 3.60. The van der Waals surface area contributed by atoms with Crippen LogP contribution in [0.1, 0.15) is 20.9 Å². The maximum absolute atomic E-state index is 11.7. The fourth-order valence-corrected chi connectivity index (χ4v) is 1.39. The smallest absolute Gasteiger partial charge is 0.291 e. The second kappa shape index (κ2) is 4.62. The molecule has 2 amide bonds. The number of primary amides is 1. The quantitative estimate of drug-likeness (QED) is 0.754. The van der Waals surface area contributed by atoms with Crippen molar-refractivity contribution in [3.05, 3.63) is 47.7 Å². The van der Waals surface area contributed by atoms with Crippen molar-refractivity contribution in [3.8, 4) is 0 Å². The van der Waals surface area contributed by atoms with Crippen molar-refractivity contribution in [3.63, 3.8) is 0 Å². The van der Waals surface area contributed by atoms with Crippen LogP contribution in [-0.4, -0.2) is 11.8 Å². The van der Waals surface area contributed by atoms with Crippen LogP contribution in [0.5, 0.6) is 0 Å². The number of nitrogens with one attached hydrogen (secondary N) is 1. The van der Waals surface area contributed by atoms with Gasteiger partial charge < -0.3 is 21.2 Å². The minimum Gasteiger partial charge on any atom is -0.436 e. The van der Waals surface area contributed by atoms with E-state index < -0.39 is 11.8 Å². The van der Waals surface area contributed by atoms with Crippen molar-refractivity contribution in [2.45, 2.75) is 0 Å². The molecule has 6 heteroatoms. The van der Waals surface area contributed by atoms with E-state index in [4.69, 9.17) is 15.9 Å². The molecule has 0 aliphatic heterocycles. The summed E-state index contributed by atoms with van der Waals surface area (Å²) in [5.74, 6) is -0.652. The van der Waals surface area contributed by atoms with Gasteiger partial charge in [-0.05, 0) is 30.3 Å². The third kappa shape index (κ3) is 2.49. The van der Waals surface area contributed by atoms with E-state index >= 15 is 0 Å². The molecule has 1 heterocycles. The number of hydrogen-bond donors (Lipinski definition) is 3. The van der Waals surface area contributed by atoms with Crippen LogP contribution in [0.3, 0.4) is 0 Å². The van der Waals surface area contributed by atoms with Crippen LogP contribution < -0.4 is 16.8 Å². The van der Waals surface area contributed by atoms with Crippen molar-refractivity contribution in [1.82, 2.24) is 0 Å². The molecule has 0 aliphatic rings. The fraction of sp³-hybridized carbons (Fsp3) is 0. The molecule has 0 saturated carbocycles. The van der Waals surface area contributed by atoms with Crippen molar-refractivity contribution >= 4 is 23.4 Å². The van der Waals surface area contributed by atoms with Crippen LogP contribution in [0, 0.1) is 0 Å². The molecule has 18 heavy (non-hydrogen) atoms. The van der Waals surface area contributed by atoms with E-state index in [-0.39, 0.29) is 11.6 Å². The molecule has 0 radical (unpaired) electrons. The maximum atomic E-state index is 11.7. The summed E-state index contributed by atoms with van der Waals surface area (Å²) in [4.78, 5) is 22.6. The summed E-state index contributed by atoms with van der Waals surface area (Å²) < 4.78 is 4.97. The Labute approximate surface area is 103 Å². The molecule has 0 atom stereocenters. The summed E-state index contributed by atoms with van der Waals surface area (Å²) in [5, 5.41) is 2.60. The molecule has 0 aliphatic carbocycles. The van der Waals surface area contributed by atoms with Gasteiger partial charge in [-0.3, -0.25) is 9.59 Å². The predicted molar refractivity (Wildman–Crippen MR) is 66.0 cm³/mol. The number of furan rings is 1. The Bertz CT molecular complexity index is 587. The topological polar surface area (TPSA) is 111 Å². The van der Waals surface area contributed by atoms with E-state index in [9.17, 15) is 9.59 Å². The van der Waals surface area contributed by atoms with Crippen LogP contribution in [0.2, 0.25) is 0 Å². The highest BCUT2D eigenvalue weighted by Gasteiger charge is 2.10. The monoisotopic (exact) mass is 245 g/mol. The van der Waals surface area contributed by atoms with E-state index in [0.29, 0.717) is 11.3 Å². The van der Waals surface area contributed by atoms with E-state index in [1.165, 1.54) is 24.3 Å². The first-order valence-electron chi connectivity index (χ1n) is 5.13. The van der Waals surface area contributed by atoms with Gasteiger partial charge in [0.15, 0.2) is 11.6 Å². The van der Waals surface area contributed by atoms with Crippen molar-refractivity contribution in [2.24, 2.45) is 5.73 Å². The number of benzene rings is 1. The molecule has 0 saturated heterocycles. The van der Waals surface area contributed by atoms with E-state index in [1.54, 1.807) is 12.1 Å². The van der Waals surface area contributed by atoms with Crippen molar-refractivity contribution in [2.75, 3.05) is 11.1 Å². The molecule has 5 N–H and O–H groups in total. The van der Waals surface area contributed by atoms with Crippen LogP contribution >= 0.6 is 0 Å². The highest BCUT2D eigenvalue weighted by molar-refractivity contribution is 6.02. The number of carbonyl (C=O) groups is 2. The number of nitrogens with two attached hydrogens (primary N) is 2.